The SMILES string of the molecule is CNC(=O)NC(=O)C(C)N1CCC(C(=O)O)(C(C)C)C1. The van der Waals surface area contributed by atoms with Gasteiger partial charge in [-0.25, -0.2) is 4.79 Å². The monoisotopic (exact) mass is 285 g/mol. The van der Waals surface area contributed by atoms with Gasteiger partial charge in [-0.15, -0.1) is 0 Å². The Morgan fingerprint density at radius 2 is 1.85 bits per heavy atom. The van der Waals surface area contributed by atoms with E-state index in [1.165, 1.54) is 7.05 Å². The van der Waals surface area contributed by atoms with Gasteiger partial charge in [-0.05, 0) is 19.3 Å². The second kappa shape index (κ2) is 6.21. The molecule has 2 atom stereocenters. The van der Waals surface area contributed by atoms with Crippen molar-refractivity contribution in [1.82, 2.24) is 15.5 Å². The Balaban J connectivity index is 2.74. The molecule has 0 aliphatic carbocycles. The molecule has 0 aromatic carbocycles. The van der Waals surface area contributed by atoms with Gasteiger partial charge in [0.1, 0.15) is 0 Å². The molecule has 0 saturated carbocycles. The number of aliphatic carboxylic acids is 1. The fourth-order valence-corrected chi connectivity index (χ4v) is 2.53. The Morgan fingerprint density at radius 3 is 2.25 bits per heavy atom. The molecule has 1 aliphatic rings. The van der Waals surface area contributed by atoms with E-state index in [9.17, 15) is 19.5 Å². The van der Waals surface area contributed by atoms with Crippen molar-refractivity contribution in [2.24, 2.45) is 11.3 Å². The Bertz CT molecular complexity index is 410. The Kier molecular flexibility index (Phi) is 5.10. The quantitative estimate of drug-likeness (QED) is 0.688. The predicted molar refractivity (Wildman–Crippen MR) is 73.2 cm³/mol. The van der Waals surface area contributed by atoms with Crippen LogP contribution >= 0.6 is 0 Å². The number of amides is 3. The summed E-state index contributed by atoms with van der Waals surface area (Å²) in [6.07, 6.45) is 0.512. The summed E-state index contributed by atoms with van der Waals surface area (Å²) in [4.78, 5) is 36.4. The third kappa shape index (κ3) is 3.09. The van der Waals surface area contributed by atoms with Gasteiger partial charge < -0.3 is 10.4 Å². The normalized spacial score (nSPS) is 24.4. The summed E-state index contributed by atoms with van der Waals surface area (Å²) in [5, 5.41) is 14.0. The van der Waals surface area contributed by atoms with Crippen molar-refractivity contribution in [1.29, 1.82) is 0 Å². The number of carbonyl (C=O) groups excluding carboxylic acids is 2. The molecule has 114 valence electrons. The maximum absolute atomic E-state index is 11.9. The van der Waals surface area contributed by atoms with E-state index in [0.29, 0.717) is 19.5 Å². The number of likely N-dealkylation sites (tertiary alicyclic amines) is 1. The molecular weight excluding hydrogens is 262 g/mol. The van der Waals surface area contributed by atoms with E-state index < -0.39 is 29.4 Å². The lowest BCUT2D eigenvalue weighted by Gasteiger charge is -2.30. The van der Waals surface area contributed by atoms with Crippen LogP contribution < -0.4 is 10.6 Å². The molecule has 0 aromatic heterocycles. The molecule has 20 heavy (non-hydrogen) atoms. The third-order valence-electron chi connectivity index (χ3n) is 4.25. The van der Waals surface area contributed by atoms with Gasteiger partial charge in [0.05, 0.1) is 11.5 Å². The van der Waals surface area contributed by atoms with Crippen LogP contribution in [0.5, 0.6) is 0 Å². The van der Waals surface area contributed by atoms with Gasteiger partial charge in [-0.1, -0.05) is 13.8 Å². The molecule has 7 heteroatoms. The number of carboxylic acids is 1. The maximum Gasteiger partial charge on any atom is 0.321 e. The first-order chi connectivity index (χ1) is 9.24. The van der Waals surface area contributed by atoms with Crippen molar-refractivity contribution < 1.29 is 19.5 Å². The van der Waals surface area contributed by atoms with Gasteiger partial charge in [0, 0.05) is 20.1 Å². The average molecular weight is 285 g/mol. The largest absolute Gasteiger partial charge is 0.481 e. The number of rotatable bonds is 4. The fourth-order valence-electron chi connectivity index (χ4n) is 2.53. The van der Waals surface area contributed by atoms with Crippen LogP contribution in [0.4, 0.5) is 4.79 Å². The molecule has 0 aromatic rings. The number of nitrogens with zero attached hydrogens (tertiary/aromatic N) is 1. The van der Waals surface area contributed by atoms with Crippen LogP contribution in [0.3, 0.4) is 0 Å². The van der Waals surface area contributed by atoms with Crippen LogP contribution in [0.25, 0.3) is 0 Å². The first kappa shape index (κ1) is 16.4. The van der Waals surface area contributed by atoms with Gasteiger partial charge in [-0.2, -0.15) is 0 Å². The zero-order valence-corrected chi connectivity index (χ0v) is 12.4. The number of imide groups is 1. The van der Waals surface area contributed by atoms with Crippen molar-refractivity contribution in [2.75, 3.05) is 20.1 Å². The maximum atomic E-state index is 11.9. The van der Waals surface area contributed by atoms with Crippen LogP contribution in [0.1, 0.15) is 27.2 Å². The minimum atomic E-state index is -0.825. The highest BCUT2D eigenvalue weighted by Gasteiger charge is 2.48. The van der Waals surface area contributed by atoms with E-state index in [0.717, 1.165) is 0 Å². The Morgan fingerprint density at radius 1 is 1.25 bits per heavy atom. The molecule has 1 heterocycles. The zero-order chi connectivity index (χ0) is 15.5. The summed E-state index contributed by atoms with van der Waals surface area (Å²) in [5.41, 5.74) is -0.818. The number of hydrogen-bond acceptors (Lipinski definition) is 4. The van der Waals surface area contributed by atoms with Crippen LogP contribution in [0, 0.1) is 11.3 Å². The van der Waals surface area contributed by atoms with Gasteiger partial charge in [0.25, 0.3) is 0 Å². The fraction of sp³-hybridized carbons (Fsp3) is 0.769. The molecule has 1 rings (SSSR count). The van der Waals surface area contributed by atoms with E-state index >= 15 is 0 Å². The second-order valence-corrected chi connectivity index (χ2v) is 5.58. The van der Waals surface area contributed by atoms with Crippen molar-refractivity contribution in [2.45, 2.75) is 33.2 Å². The van der Waals surface area contributed by atoms with Crippen LogP contribution in [-0.4, -0.2) is 54.1 Å². The van der Waals surface area contributed by atoms with Gasteiger partial charge in [0.15, 0.2) is 0 Å². The first-order valence-electron chi connectivity index (χ1n) is 6.74. The summed E-state index contributed by atoms with van der Waals surface area (Å²) >= 11 is 0. The third-order valence-corrected chi connectivity index (χ3v) is 4.25. The number of carboxylic acid groups (broad SMARTS) is 1. The second-order valence-electron chi connectivity index (χ2n) is 5.58. The summed E-state index contributed by atoms with van der Waals surface area (Å²) in [5.74, 6) is -1.26. The van der Waals surface area contributed by atoms with Gasteiger partial charge >= 0.3 is 12.0 Å². The van der Waals surface area contributed by atoms with Gasteiger partial charge in [-0.3, -0.25) is 19.8 Å². The average Bonchev–Trinajstić information content (AvgIpc) is 2.83. The molecule has 0 spiro atoms. The summed E-state index contributed by atoms with van der Waals surface area (Å²) < 4.78 is 0. The molecule has 1 fully saturated rings. The van der Waals surface area contributed by atoms with E-state index in [1.807, 2.05) is 18.7 Å². The minimum absolute atomic E-state index is 0.0146. The predicted octanol–water partition coefficient (Wildman–Crippen LogP) is 0.263. The van der Waals surface area contributed by atoms with E-state index in [4.69, 9.17) is 0 Å². The molecular formula is C13H23N3O4. The van der Waals surface area contributed by atoms with Crippen molar-refractivity contribution >= 4 is 17.9 Å². The number of urea groups is 1. The van der Waals surface area contributed by atoms with Crippen LogP contribution in [0.2, 0.25) is 0 Å². The van der Waals surface area contributed by atoms with Crippen LogP contribution in [0.15, 0.2) is 0 Å². The van der Waals surface area contributed by atoms with Crippen LogP contribution in [-0.2, 0) is 9.59 Å². The summed E-state index contributed by atoms with van der Waals surface area (Å²) in [6, 6.07) is -1.10. The molecule has 2 unspecified atom stereocenters. The van der Waals surface area contributed by atoms with E-state index in [2.05, 4.69) is 10.6 Å². The number of carbonyl (C=O) groups is 3. The number of hydrogen-bond donors (Lipinski definition) is 3. The molecule has 3 N–H and O–H groups in total. The van der Waals surface area contributed by atoms with E-state index in [1.54, 1.807) is 6.92 Å². The lowest BCUT2D eigenvalue weighted by atomic mass is 9.76. The molecule has 3 amide bonds. The number of nitrogens with one attached hydrogen (secondary N) is 2. The van der Waals surface area contributed by atoms with Gasteiger partial charge in [0.2, 0.25) is 5.91 Å². The topological polar surface area (TPSA) is 98.7 Å². The van der Waals surface area contributed by atoms with Crippen molar-refractivity contribution in [3.8, 4) is 0 Å². The molecule has 0 bridgehead atoms. The summed E-state index contributed by atoms with van der Waals surface area (Å²) in [7, 11) is 1.43. The van der Waals surface area contributed by atoms with E-state index in [-0.39, 0.29) is 5.92 Å². The highest BCUT2D eigenvalue weighted by Crippen LogP contribution is 2.38. The standard InChI is InChI=1S/C13H23N3O4/c1-8(2)13(11(18)19)5-6-16(7-13)9(3)10(17)15-12(20)14-4/h8-9H,5-7H2,1-4H3,(H,18,19)(H2,14,15,17,20). The molecule has 0 radical (unpaired) electrons. The zero-order valence-electron chi connectivity index (χ0n) is 12.4. The smallest absolute Gasteiger partial charge is 0.321 e. The molecule has 1 aliphatic heterocycles. The minimum Gasteiger partial charge on any atom is -0.481 e. The molecule has 1 saturated heterocycles. The lowest BCUT2D eigenvalue weighted by molar-refractivity contribution is -0.151. The lowest BCUT2D eigenvalue weighted by Crippen LogP contribution is -2.49. The van der Waals surface area contributed by atoms with Crippen molar-refractivity contribution in [3.63, 3.8) is 0 Å². The highest BCUT2D eigenvalue weighted by atomic mass is 16.4. The Labute approximate surface area is 118 Å². The first-order valence-corrected chi connectivity index (χ1v) is 6.74. The summed E-state index contributed by atoms with van der Waals surface area (Å²) in [6.45, 7) is 6.30. The molecule has 7 nitrogen and oxygen atoms in total. The van der Waals surface area contributed by atoms with Crippen molar-refractivity contribution in [3.05, 3.63) is 0 Å². The Hall–Kier alpha value is -1.63. The highest BCUT2D eigenvalue weighted by molar-refractivity contribution is 5.96.